The number of rotatable bonds is 3. The Hall–Kier alpha value is 0.123. The average molecular weight is 434 g/mol. The molecule has 0 aliphatic carbocycles. The molecule has 4 heteroatoms. The molecule has 2 aromatic carbocycles. The predicted molar refractivity (Wildman–Crippen MR) is 90.0 cm³/mol. The molecule has 0 atom stereocenters. The van der Waals surface area contributed by atoms with Gasteiger partial charge in [-0.05, 0) is 20.6 Å². The van der Waals surface area contributed by atoms with Gasteiger partial charge in [-0.2, -0.15) is 45.5 Å². The Bertz CT molecular complexity index is 448. The summed E-state index contributed by atoms with van der Waals surface area (Å²) < 4.78 is 0. The molecule has 0 saturated carbocycles. The molecule has 0 amide bonds. The average Bonchev–Trinajstić information content (AvgIpc) is 2.99. The van der Waals surface area contributed by atoms with Crippen LogP contribution >= 0.6 is 0 Å². The van der Waals surface area contributed by atoms with E-state index >= 15 is 0 Å². The molecular weight excluding hydrogens is 404 g/mol. The molecule has 2 aromatic rings. The van der Waals surface area contributed by atoms with Crippen molar-refractivity contribution in [3.8, 4) is 0 Å². The quantitative estimate of drug-likeness (QED) is 0.531. The fourth-order valence-electron chi connectivity index (χ4n) is 2.34. The van der Waals surface area contributed by atoms with Crippen LogP contribution in [0.4, 0.5) is 0 Å². The molecule has 0 radical (unpaired) electrons. The number of hydrogen-bond acceptors (Lipinski definition) is 1. The third-order valence-electron chi connectivity index (χ3n) is 4.39. The molecule has 128 valence electrons. The molecule has 0 spiro atoms. The fraction of sp³-hybridized carbons (Fsp3) is 0.474. The maximum absolute atomic E-state index is 2.20. The standard InChI is InChI=1S/C10H15.C9H14N.2ClH.Zr/c1-6-7(2)9(4)10(5)8(6)3;1-10(2)8-7-9-5-3-4-6-9;;;/h1-5H3;3-6H,7-8H2,1-2H3;2*1H;/q2*-1;;;+4/p-2. The monoisotopic (exact) mass is 431 g/mol. The molecule has 2 rings (SSSR count). The van der Waals surface area contributed by atoms with Crippen molar-refractivity contribution in [3.63, 3.8) is 0 Å². The molecule has 0 heterocycles. The Kier molecular flexibility index (Phi) is 16.3. The normalized spacial score (nSPS) is 9.22. The molecule has 0 unspecified atom stereocenters. The van der Waals surface area contributed by atoms with Crippen LogP contribution in [-0.4, -0.2) is 25.5 Å². The van der Waals surface area contributed by atoms with Crippen LogP contribution in [0.1, 0.15) is 33.4 Å². The summed E-state index contributed by atoms with van der Waals surface area (Å²) in [4.78, 5) is 2.20. The zero-order chi connectivity index (χ0) is 15.3. The van der Waals surface area contributed by atoms with Crippen LogP contribution in [0.25, 0.3) is 0 Å². The summed E-state index contributed by atoms with van der Waals surface area (Å²) in [5, 5.41) is 0. The summed E-state index contributed by atoms with van der Waals surface area (Å²) in [7, 11) is 4.20. The summed E-state index contributed by atoms with van der Waals surface area (Å²) in [6.45, 7) is 12.1. The van der Waals surface area contributed by atoms with E-state index in [1.54, 1.807) is 0 Å². The van der Waals surface area contributed by atoms with Crippen molar-refractivity contribution < 1.29 is 51.0 Å². The number of hydrogen-bond donors (Lipinski definition) is 0. The van der Waals surface area contributed by atoms with Gasteiger partial charge < -0.3 is 29.7 Å². The molecule has 0 saturated heterocycles. The van der Waals surface area contributed by atoms with Gasteiger partial charge in [0.25, 0.3) is 0 Å². The number of likely N-dealkylation sites (N-methyl/N-ethyl adjacent to an activating group) is 1. The summed E-state index contributed by atoms with van der Waals surface area (Å²) in [5.74, 6) is 0. The van der Waals surface area contributed by atoms with Gasteiger partial charge in [0.15, 0.2) is 0 Å². The SMILES string of the molecule is CN(C)CC[c-]1cccc1.Cc1c(C)c(C)[c-](C)c1C.[Cl-].[Cl-].[Zr+4]. The summed E-state index contributed by atoms with van der Waals surface area (Å²) in [6.07, 6.45) is 1.17. The Balaban J connectivity index is -0.000000308. The van der Waals surface area contributed by atoms with E-state index in [4.69, 9.17) is 0 Å². The van der Waals surface area contributed by atoms with Crippen LogP contribution in [-0.2, 0) is 32.6 Å². The second-order valence-corrected chi connectivity index (χ2v) is 5.97. The van der Waals surface area contributed by atoms with Gasteiger partial charge in [-0.25, -0.2) is 12.1 Å². The Morgan fingerprint density at radius 3 is 1.52 bits per heavy atom. The van der Waals surface area contributed by atoms with Crippen LogP contribution < -0.4 is 24.8 Å². The van der Waals surface area contributed by atoms with Crippen molar-refractivity contribution in [1.82, 2.24) is 4.90 Å². The van der Waals surface area contributed by atoms with Gasteiger partial charge in [-0.1, -0.05) is 41.0 Å². The van der Waals surface area contributed by atoms with Crippen molar-refractivity contribution in [2.24, 2.45) is 0 Å². The molecule has 0 aromatic heterocycles. The van der Waals surface area contributed by atoms with Crippen LogP contribution in [0, 0.1) is 34.6 Å². The van der Waals surface area contributed by atoms with Crippen LogP contribution in [0.15, 0.2) is 24.3 Å². The minimum atomic E-state index is 0. The van der Waals surface area contributed by atoms with Crippen molar-refractivity contribution in [2.45, 2.75) is 41.0 Å². The zero-order valence-corrected chi connectivity index (χ0v) is 19.4. The van der Waals surface area contributed by atoms with E-state index in [-0.39, 0.29) is 51.0 Å². The van der Waals surface area contributed by atoms with Gasteiger partial charge in [0, 0.05) is 0 Å². The third-order valence-corrected chi connectivity index (χ3v) is 4.39. The van der Waals surface area contributed by atoms with Gasteiger partial charge in [-0.15, -0.1) is 0 Å². The summed E-state index contributed by atoms with van der Waals surface area (Å²) >= 11 is 0. The minimum Gasteiger partial charge on any atom is -1.00 e. The smallest absolute Gasteiger partial charge is 1.00 e. The van der Waals surface area contributed by atoms with Crippen molar-refractivity contribution >= 4 is 0 Å². The van der Waals surface area contributed by atoms with Gasteiger partial charge in [0.05, 0.1) is 0 Å². The largest absolute Gasteiger partial charge is 4.00 e. The number of halogens is 2. The Labute approximate surface area is 174 Å². The predicted octanol–water partition coefficient (Wildman–Crippen LogP) is -1.54. The molecule has 0 N–H and O–H groups in total. The fourth-order valence-corrected chi connectivity index (χ4v) is 2.34. The first-order valence-electron chi connectivity index (χ1n) is 7.39. The molecular formula is C19H29Cl2NZr. The second kappa shape index (κ2) is 13.4. The zero-order valence-electron chi connectivity index (χ0n) is 15.4. The minimum absolute atomic E-state index is 0. The van der Waals surface area contributed by atoms with E-state index in [1.807, 2.05) is 0 Å². The Morgan fingerprint density at radius 1 is 0.870 bits per heavy atom. The second-order valence-electron chi connectivity index (χ2n) is 5.97. The molecule has 1 nitrogen and oxygen atoms in total. The van der Waals surface area contributed by atoms with Gasteiger partial charge in [-0.3, -0.25) is 0 Å². The van der Waals surface area contributed by atoms with Crippen molar-refractivity contribution in [3.05, 3.63) is 57.6 Å². The topological polar surface area (TPSA) is 3.24 Å². The molecule has 0 aliphatic heterocycles. The van der Waals surface area contributed by atoms with E-state index in [0.717, 1.165) is 6.54 Å². The molecule has 0 fully saturated rings. The van der Waals surface area contributed by atoms with E-state index in [9.17, 15) is 0 Å². The van der Waals surface area contributed by atoms with Crippen molar-refractivity contribution in [2.75, 3.05) is 20.6 Å². The van der Waals surface area contributed by atoms with E-state index in [2.05, 4.69) is 77.9 Å². The maximum Gasteiger partial charge on any atom is 4.00 e. The molecule has 0 bridgehead atoms. The van der Waals surface area contributed by atoms with Gasteiger partial charge in [0.1, 0.15) is 0 Å². The van der Waals surface area contributed by atoms with Crippen LogP contribution in [0.2, 0.25) is 0 Å². The van der Waals surface area contributed by atoms with Crippen LogP contribution in [0.5, 0.6) is 0 Å². The van der Waals surface area contributed by atoms with Gasteiger partial charge >= 0.3 is 26.2 Å². The first-order chi connectivity index (χ1) is 9.34. The molecule has 0 aliphatic rings. The summed E-state index contributed by atoms with van der Waals surface area (Å²) in [6, 6.07) is 8.52. The van der Waals surface area contributed by atoms with E-state index in [0.29, 0.717) is 0 Å². The maximum atomic E-state index is 2.20. The summed E-state index contributed by atoms with van der Waals surface area (Å²) in [5.41, 5.74) is 8.78. The van der Waals surface area contributed by atoms with Crippen molar-refractivity contribution in [1.29, 1.82) is 0 Å². The molecule has 23 heavy (non-hydrogen) atoms. The first kappa shape index (κ1) is 27.9. The number of nitrogens with zero attached hydrogens (tertiary/aromatic N) is 1. The van der Waals surface area contributed by atoms with E-state index < -0.39 is 0 Å². The van der Waals surface area contributed by atoms with Crippen LogP contribution in [0.3, 0.4) is 0 Å². The third kappa shape index (κ3) is 8.68. The van der Waals surface area contributed by atoms with Gasteiger partial charge in [0.2, 0.25) is 0 Å². The van der Waals surface area contributed by atoms with E-state index in [1.165, 1.54) is 39.8 Å². The Morgan fingerprint density at radius 2 is 1.26 bits per heavy atom. The first-order valence-corrected chi connectivity index (χ1v) is 7.39.